The Bertz CT molecular complexity index is 1320. The summed E-state index contributed by atoms with van der Waals surface area (Å²) in [5, 5.41) is 7.70. The molecule has 0 bridgehead atoms. The van der Waals surface area contributed by atoms with Crippen LogP contribution in [0, 0.1) is 19.8 Å². The molecule has 1 fully saturated rings. The molecule has 3 aromatic heterocycles. The number of nitrogens with zero attached hydrogens (tertiary/aromatic N) is 5. The lowest BCUT2D eigenvalue weighted by Crippen LogP contribution is -2.36. The number of amides is 1. The minimum absolute atomic E-state index is 0.0214. The Morgan fingerprint density at radius 3 is 2.61 bits per heavy atom. The first kappa shape index (κ1) is 26.5. The Morgan fingerprint density at radius 1 is 1.16 bits per heavy atom. The summed E-state index contributed by atoms with van der Waals surface area (Å²) < 4.78 is 0. The summed E-state index contributed by atoms with van der Waals surface area (Å²) in [6, 6.07) is 4.35. The number of carbonyl (C=O) groups excluding carboxylic acids is 1. The van der Waals surface area contributed by atoms with Crippen molar-refractivity contribution in [2.45, 2.75) is 78.6 Å². The van der Waals surface area contributed by atoms with E-state index in [0.717, 1.165) is 82.9 Å². The molecule has 8 nitrogen and oxygen atoms in total. The predicted molar refractivity (Wildman–Crippen MR) is 155 cm³/mol. The standard InChI is InChI=1S/C29H39N7OS/c1-17(2)8-7-13-30-21-9-10-22(25-18(3)33-19(4)38-25)34-24(21)20-11-14-36(15-12-20)27-23-26(31-16-32-27)35-28(37)29(23,5)6/h9-10,16-17,20,30H,7-8,11-15H2,1-6H3,(H,31,32,35,37). The highest BCUT2D eigenvalue weighted by atomic mass is 32.1. The molecule has 1 amide bonds. The Kier molecular flexibility index (Phi) is 7.40. The van der Waals surface area contributed by atoms with E-state index in [1.54, 1.807) is 17.7 Å². The van der Waals surface area contributed by atoms with E-state index in [1.165, 1.54) is 6.42 Å². The summed E-state index contributed by atoms with van der Waals surface area (Å²) in [4.78, 5) is 34.9. The van der Waals surface area contributed by atoms with E-state index in [4.69, 9.17) is 4.98 Å². The van der Waals surface area contributed by atoms with Crippen LogP contribution in [0.2, 0.25) is 0 Å². The SMILES string of the molecule is Cc1nc(C)c(-c2ccc(NCCCC(C)C)c(C3CCN(c4ncnc5c4C(C)(C)C(=O)N5)CC3)n2)s1. The van der Waals surface area contributed by atoms with E-state index in [1.807, 2.05) is 13.8 Å². The van der Waals surface area contributed by atoms with Crippen LogP contribution in [0.4, 0.5) is 17.3 Å². The number of pyridine rings is 1. The third-order valence-electron chi connectivity index (χ3n) is 7.77. The predicted octanol–water partition coefficient (Wildman–Crippen LogP) is 6.07. The number of fused-ring (bicyclic) bond motifs is 1. The van der Waals surface area contributed by atoms with E-state index in [9.17, 15) is 4.79 Å². The van der Waals surface area contributed by atoms with Gasteiger partial charge in [0.05, 0.1) is 43.6 Å². The van der Waals surface area contributed by atoms with E-state index >= 15 is 0 Å². The highest BCUT2D eigenvalue weighted by Crippen LogP contribution is 2.43. The van der Waals surface area contributed by atoms with Gasteiger partial charge in [-0.05, 0) is 71.4 Å². The van der Waals surface area contributed by atoms with Crippen LogP contribution in [0.25, 0.3) is 10.6 Å². The van der Waals surface area contributed by atoms with Gasteiger partial charge < -0.3 is 15.5 Å². The van der Waals surface area contributed by atoms with Crippen molar-refractivity contribution in [2.24, 2.45) is 5.92 Å². The van der Waals surface area contributed by atoms with Crippen LogP contribution in [-0.4, -0.2) is 45.5 Å². The van der Waals surface area contributed by atoms with Crippen molar-refractivity contribution in [3.63, 3.8) is 0 Å². The fourth-order valence-electron chi connectivity index (χ4n) is 5.59. The van der Waals surface area contributed by atoms with Gasteiger partial charge in [-0.2, -0.15) is 0 Å². The molecule has 0 spiro atoms. The number of anilines is 3. The molecule has 1 saturated heterocycles. The normalized spacial score (nSPS) is 17.1. The zero-order chi connectivity index (χ0) is 27.0. The molecule has 0 aliphatic carbocycles. The zero-order valence-corrected chi connectivity index (χ0v) is 24.2. The van der Waals surface area contributed by atoms with E-state index in [0.29, 0.717) is 17.7 Å². The van der Waals surface area contributed by atoms with Crippen LogP contribution in [0.1, 0.15) is 81.3 Å². The van der Waals surface area contributed by atoms with Gasteiger partial charge in [0.25, 0.3) is 0 Å². The maximum absolute atomic E-state index is 12.6. The number of aryl methyl sites for hydroxylation is 2. The Morgan fingerprint density at radius 2 is 1.92 bits per heavy atom. The van der Waals surface area contributed by atoms with Crippen LogP contribution in [0.15, 0.2) is 18.5 Å². The quantitative estimate of drug-likeness (QED) is 0.339. The maximum atomic E-state index is 12.6. The Labute approximate surface area is 229 Å². The van der Waals surface area contributed by atoms with Crippen LogP contribution in [0.3, 0.4) is 0 Å². The summed E-state index contributed by atoms with van der Waals surface area (Å²) in [7, 11) is 0. The number of aromatic nitrogens is 4. The molecule has 2 N–H and O–H groups in total. The van der Waals surface area contributed by atoms with Gasteiger partial charge in [-0.15, -0.1) is 11.3 Å². The number of carbonyl (C=O) groups is 1. The van der Waals surface area contributed by atoms with E-state index in [2.05, 4.69) is 70.3 Å². The van der Waals surface area contributed by atoms with Gasteiger partial charge >= 0.3 is 0 Å². The van der Waals surface area contributed by atoms with Gasteiger partial charge in [-0.3, -0.25) is 4.79 Å². The first-order valence-electron chi connectivity index (χ1n) is 13.8. The lowest BCUT2D eigenvalue weighted by Gasteiger charge is -2.35. The molecule has 202 valence electrons. The molecule has 0 radical (unpaired) electrons. The summed E-state index contributed by atoms with van der Waals surface area (Å²) in [6.07, 6.45) is 5.86. The van der Waals surface area contributed by atoms with Crippen LogP contribution < -0.4 is 15.5 Å². The molecule has 0 aromatic carbocycles. The van der Waals surface area contributed by atoms with Crippen molar-refractivity contribution in [1.82, 2.24) is 19.9 Å². The van der Waals surface area contributed by atoms with Crippen molar-refractivity contribution in [1.29, 1.82) is 0 Å². The second kappa shape index (κ2) is 10.6. The van der Waals surface area contributed by atoms with Crippen LogP contribution in [0.5, 0.6) is 0 Å². The molecule has 5 rings (SSSR count). The second-order valence-electron chi connectivity index (χ2n) is 11.5. The average molecular weight is 534 g/mol. The molecule has 2 aliphatic rings. The average Bonchev–Trinajstić information content (AvgIpc) is 3.35. The summed E-state index contributed by atoms with van der Waals surface area (Å²) in [5.74, 6) is 2.55. The molecular weight excluding hydrogens is 494 g/mol. The topological polar surface area (TPSA) is 95.9 Å². The van der Waals surface area contributed by atoms with E-state index < -0.39 is 5.41 Å². The van der Waals surface area contributed by atoms with Gasteiger partial charge in [0.2, 0.25) is 5.91 Å². The zero-order valence-electron chi connectivity index (χ0n) is 23.4. The fourth-order valence-corrected chi connectivity index (χ4v) is 6.48. The lowest BCUT2D eigenvalue weighted by molar-refractivity contribution is -0.119. The number of rotatable bonds is 8. The number of hydrogen-bond donors (Lipinski definition) is 2. The van der Waals surface area contributed by atoms with Crippen molar-refractivity contribution < 1.29 is 4.79 Å². The highest BCUT2D eigenvalue weighted by Gasteiger charge is 2.43. The molecule has 3 aromatic rings. The molecule has 0 unspecified atom stereocenters. The smallest absolute Gasteiger partial charge is 0.235 e. The van der Waals surface area contributed by atoms with E-state index in [-0.39, 0.29) is 5.91 Å². The summed E-state index contributed by atoms with van der Waals surface area (Å²) in [5.41, 5.74) is 4.62. The summed E-state index contributed by atoms with van der Waals surface area (Å²) in [6.45, 7) is 15.2. The molecule has 38 heavy (non-hydrogen) atoms. The highest BCUT2D eigenvalue weighted by molar-refractivity contribution is 7.15. The van der Waals surface area contributed by atoms with Gasteiger partial charge in [0, 0.05) is 25.6 Å². The maximum Gasteiger partial charge on any atom is 0.235 e. The Balaban J connectivity index is 1.39. The number of thiazole rings is 1. The molecule has 9 heteroatoms. The Hall–Kier alpha value is -3.07. The van der Waals surface area contributed by atoms with Crippen molar-refractivity contribution in [3.05, 3.63) is 40.4 Å². The number of nitrogens with one attached hydrogen (secondary N) is 2. The minimum Gasteiger partial charge on any atom is -0.384 e. The molecular formula is C29H39N7OS. The van der Waals surface area contributed by atoms with Crippen molar-refractivity contribution in [2.75, 3.05) is 35.2 Å². The van der Waals surface area contributed by atoms with Crippen LogP contribution >= 0.6 is 11.3 Å². The number of piperidine rings is 1. The largest absolute Gasteiger partial charge is 0.384 e. The minimum atomic E-state index is -0.642. The van der Waals surface area contributed by atoms with Gasteiger partial charge in [0.15, 0.2) is 0 Å². The molecule has 2 aliphatic heterocycles. The fraction of sp³-hybridized carbons (Fsp3) is 0.552. The first-order valence-corrected chi connectivity index (χ1v) is 14.6. The van der Waals surface area contributed by atoms with Crippen molar-refractivity contribution >= 4 is 34.6 Å². The third kappa shape index (κ3) is 5.13. The molecule has 0 atom stereocenters. The van der Waals surface area contributed by atoms with Crippen molar-refractivity contribution in [3.8, 4) is 10.6 Å². The molecule has 5 heterocycles. The third-order valence-corrected chi connectivity index (χ3v) is 8.86. The van der Waals surface area contributed by atoms with Gasteiger partial charge in [0.1, 0.15) is 18.0 Å². The van der Waals surface area contributed by atoms with Crippen LogP contribution in [-0.2, 0) is 10.2 Å². The second-order valence-corrected chi connectivity index (χ2v) is 12.7. The summed E-state index contributed by atoms with van der Waals surface area (Å²) >= 11 is 1.71. The first-order chi connectivity index (χ1) is 18.1. The molecule has 0 saturated carbocycles. The number of hydrogen-bond acceptors (Lipinski definition) is 8. The lowest BCUT2D eigenvalue weighted by atomic mass is 9.86. The monoisotopic (exact) mass is 533 g/mol. The van der Waals surface area contributed by atoms with Gasteiger partial charge in [-0.25, -0.2) is 19.9 Å². The van der Waals surface area contributed by atoms with Gasteiger partial charge in [-0.1, -0.05) is 13.8 Å².